The lowest BCUT2D eigenvalue weighted by Crippen LogP contribution is -2.23. The molecule has 1 aliphatic carbocycles. The molecular weight excluding hydrogens is 238 g/mol. The average molecular weight is 261 g/mol. The van der Waals surface area contributed by atoms with Gasteiger partial charge in [-0.15, -0.1) is 0 Å². The highest BCUT2D eigenvalue weighted by Gasteiger charge is 2.36. The Labute approximate surface area is 115 Å². The molecular formula is C16H23NO2. The summed E-state index contributed by atoms with van der Waals surface area (Å²) in [5, 5.41) is 2.87. The Morgan fingerprint density at radius 2 is 2.26 bits per heavy atom. The number of hydrogen-bond acceptors (Lipinski definition) is 2. The van der Waals surface area contributed by atoms with Crippen LogP contribution in [0.3, 0.4) is 0 Å². The fourth-order valence-corrected chi connectivity index (χ4v) is 2.08. The van der Waals surface area contributed by atoms with E-state index in [1.54, 1.807) is 12.2 Å². The van der Waals surface area contributed by atoms with Gasteiger partial charge in [0.1, 0.15) is 11.5 Å². The second-order valence-corrected chi connectivity index (χ2v) is 5.87. The molecule has 2 atom stereocenters. The number of carbonyl (C=O) groups is 1. The predicted molar refractivity (Wildman–Crippen MR) is 76.7 cm³/mol. The van der Waals surface area contributed by atoms with Crippen molar-refractivity contribution in [1.29, 1.82) is 0 Å². The predicted octanol–water partition coefficient (Wildman–Crippen LogP) is 3.58. The van der Waals surface area contributed by atoms with E-state index in [-0.39, 0.29) is 5.91 Å². The number of rotatable bonds is 6. The van der Waals surface area contributed by atoms with Gasteiger partial charge in [-0.1, -0.05) is 20.8 Å². The molecule has 19 heavy (non-hydrogen) atoms. The zero-order valence-corrected chi connectivity index (χ0v) is 12.0. The molecule has 1 saturated carbocycles. The fraction of sp³-hybridized carbons (Fsp3) is 0.562. The van der Waals surface area contributed by atoms with Crippen LogP contribution in [0.2, 0.25) is 0 Å². The first kappa shape index (κ1) is 13.9. The minimum absolute atomic E-state index is 0.0570. The van der Waals surface area contributed by atoms with Gasteiger partial charge in [-0.05, 0) is 42.9 Å². The van der Waals surface area contributed by atoms with Gasteiger partial charge >= 0.3 is 0 Å². The van der Waals surface area contributed by atoms with Gasteiger partial charge in [-0.25, -0.2) is 0 Å². The molecule has 104 valence electrons. The summed E-state index contributed by atoms with van der Waals surface area (Å²) in [6, 6.07) is 3.95. The van der Waals surface area contributed by atoms with Crippen LogP contribution in [0.4, 0.5) is 0 Å². The van der Waals surface area contributed by atoms with E-state index in [1.807, 2.05) is 12.1 Å². The molecule has 1 aromatic heterocycles. The van der Waals surface area contributed by atoms with Gasteiger partial charge in [0, 0.05) is 18.5 Å². The Morgan fingerprint density at radius 1 is 1.53 bits per heavy atom. The zero-order valence-electron chi connectivity index (χ0n) is 12.0. The minimum Gasteiger partial charge on any atom is -0.461 e. The molecule has 0 spiro atoms. The number of carbonyl (C=O) groups excluding carboxylic acids is 1. The Morgan fingerprint density at radius 3 is 2.89 bits per heavy atom. The highest BCUT2D eigenvalue weighted by atomic mass is 16.3. The second kappa shape index (κ2) is 6.09. The van der Waals surface area contributed by atoms with Crippen LogP contribution in [0.1, 0.15) is 51.1 Å². The normalized spacial score (nSPS) is 22.1. The summed E-state index contributed by atoms with van der Waals surface area (Å²) in [5.74, 6) is 3.68. The molecule has 1 fully saturated rings. The third kappa shape index (κ3) is 4.27. The Hall–Kier alpha value is -1.51. The monoisotopic (exact) mass is 261 g/mol. The van der Waals surface area contributed by atoms with Crippen molar-refractivity contribution in [2.24, 2.45) is 11.8 Å². The van der Waals surface area contributed by atoms with Crippen LogP contribution in [0.5, 0.6) is 0 Å². The third-order valence-electron chi connectivity index (χ3n) is 3.54. The van der Waals surface area contributed by atoms with Crippen molar-refractivity contribution in [3.05, 3.63) is 29.7 Å². The van der Waals surface area contributed by atoms with Crippen molar-refractivity contribution >= 4 is 12.0 Å². The van der Waals surface area contributed by atoms with Crippen molar-refractivity contribution in [3.63, 3.8) is 0 Å². The minimum atomic E-state index is -0.0570. The maximum atomic E-state index is 11.6. The number of amides is 1. The molecule has 2 unspecified atom stereocenters. The van der Waals surface area contributed by atoms with Gasteiger partial charge in [0.15, 0.2) is 0 Å². The van der Waals surface area contributed by atoms with Crippen molar-refractivity contribution < 1.29 is 9.21 Å². The van der Waals surface area contributed by atoms with E-state index in [0.717, 1.165) is 30.4 Å². The molecule has 2 rings (SSSR count). The molecule has 3 nitrogen and oxygen atoms in total. The summed E-state index contributed by atoms with van der Waals surface area (Å²) in [6.07, 6.45) is 5.50. The molecule has 0 bridgehead atoms. The molecule has 0 aliphatic heterocycles. The first-order chi connectivity index (χ1) is 9.06. The maximum Gasteiger partial charge on any atom is 0.244 e. The van der Waals surface area contributed by atoms with Crippen LogP contribution < -0.4 is 5.32 Å². The molecule has 0 saturated heterocycles. The van der Waals surface area contributed by atoms with E-state index >= 15 is 0 Å². The summed E-state index contributed by atoms with van der Waals surface area (Å²) in [6.45, 7) is 7.24. The van der Waals surface area contributed by atoms with Gasteiger partial charge in [0.2, 0.25) is 5.91 Å². The molecule has 0 radical (unpaired) electrons. The molecule has 1 amide bonds. The first-order valence-corrected chi connectivity index (χ1v) is 7.12. The molecule has 1 N–H and O–H groups in total. The SMILES string of the molecule is CC(C)CCNC(=O)/C=C/c1ccc(C2CC2C)o1. The Balaban J connectivity index is 1.78. The molecule has 1 aromatic rings. The van der Waals surface area contributed by atoms with Crippen molar-refractivity contribution in [1.82, 2.24) is 5.32 Å². The van der Waals surface area contributed by atoms with E-state index in [4.69, 9.17) is 4.42 Å². The van der Waals surface area contributed by atoms with Crippen LogP contribution in [-0.4, -0.2) is 12.5 Å². The summed E-state index contributed by atoms with van der Waals surface area (Å²) in [5.41, 5.74) is 0. The summed E-state index contributed by atoms with van der Waals surface area (Å²) >= 11 is 0. The lowest BCUT2D eigenvalue weighted by Gasteiger charge is -2.04. The summed E-state index contributed by atoms with van der Waals surface area (Å²) in [4.78, 5) is 11.6. The number of hydrogen-bond donors (Lipinski definition) is 1. The molecule has 0 aromatic carbocycles. The van der Waals surface area contributed by atoms with E-state index in [2.05, 4.69) is 26.1 Å². The van der Waals surface area contributed by atoms with Crippen LogP contribution in [-0.2, 0) is 4.79 Å². The Bertz CT molecular complexity index is 459. The van der Waals surface area contributed by atoms with Gasteiger partial charge in [-0.2, -0.15) is 0 Å². The number of furan rings is 1. The fourth-order valence-electron chi connectivity index (χ4n) is 2.08. The van der Waals surface area contributed by atoms with E-state index in [0.29, 0.717) is 11.8 Å². The standard InChI is InChI=1S/C16H23NO2/c1-11(2)8-9-17-16(18)7-5-13-4-6-15(19-13)14-10-12(14)3/h4-7,11-12,14H,8-10H2,1-3H3,(H,17,18)/b7-5+. The molecule has 1 aliphatic rings. The highest BCUT2D eigenvalue weighted by Crippen LogP contribution is 2.47. The van der Waals surface area contributed by atoms with E-state index in [9.17, 15) is 4.79 Å². The molecule has 1 heterocycles. The summed E-state index contributed by atoms with van der Waals surface area (Å²) < 4.78 is 5.70. The van der Waals surface area contributed by atoms with Gasteiger partial charge in [0.05, 0.1) is 0 Å². The number of nitrogens with one attached hydrogen (secondary N) is 1. The van der Waals surface area contributed by atoms with Gasteiger partial charge in [0.25, 0.3) is 0 Å². The quantitative estimate of drug-likeness (QED) is 0.795. The lowest BCUT2D eigenvalue weighted by molar-refractivity contribution is -0.116. The second-order valence-electron chi connectivity index (χ2n) is 5.87. The smallest absolute Gasteiger partial charge is 0.244 e. The third-order valence-corrected chi connectivity index (χ3v) is 3.54. The largest absolute Gasteiger partial charge is 0.461 e. The summed E-state index contributed by atoms with van der Waals surface area (Å²) in [7, 11) is 0. The van der Waals surface area contributed by atoms with E-state index < -0.39 is 0 Å². The lowest BCUT2D eigenvalue weighted by atomic mass is 10.1. The van der Waals surface area contributed by atoms with Gasteiger partial charge < -0.3 is 9.73 Å². The first-order valence-electron chi connectivity index (χ1n) is 7.12. The highest BCUT2D eigenvalue weighted by molar-refractivity contribution is 5.91. The van der Waals surface area contributed by atoms with Crippen LogP contribution >= 0.6 is 0 Å². The van der Waals surface area contributed by atoms with Crippen LogP contribution in [0, 0.1) is 11.8 Å². The zero-order chi connectivity index (χ0) is 13.8. The Kier molecular flexibility index (Phi) is 4.46. The van der Waals surface area contributed by atoms with E-state index in [1.165, 1.54) is 6.42 Å². The van der Waals surface area contributed by atoms with Gasteiger partial charge in [-0.3, -0.25) is 4.79 Å². The van der Waals surface area contributed by atoms with Crippen LogP contribution in [0.15, 0.2) is 22.6 Å². The topological polar surface area (TPSA) is 42.2 Å². The maximum absolute atomic E-state index is 11.6. The van der Waals surface area contributed by atoms with Crippen molar-refractivity contribution in [2.45, 2.75) is 39.5 Å². The molecule has 3 heteroatoms. The van der Waals surface area contributed by atoms with Crippen molar-refractivity contribution in [2.75, 3.05) is 6.54 Å². The van der Waals surface area contributed by atoms with Crippen LogP contribution in [0.25, 0.3) is 6.08 Å². The van der Waals surface area contributed by atoms with Crippen molar-refractivity contribution in [3.8, 4) is 0 Å². The average Bonchev–Trinajstić information content (AvgIpc) is 2.90.